The van der Waals surface area contributed by atoms with Crippen molar-refractivity contribution in [3.63, 3.8) is 0 Å². The van der Waals surface area contributed by atoms with Gasteiger partial charge in [0.2, 0.25) is 5.75 Å². The van der Waals surface area contributed by atoms with Gasteiger partial charge in [-0.3, -0.25) is 0 Å². The third-order valence-corrected chi connectivity index (χ3v) is 7.74. The maximum atomic E-state index is 5.64. The van der Waals surface area contributed by atoms with Gasteiger partial charge >= 0.3 is 0 Å². The van der Waals surface area contributed by atoms with Gasteiger partial charge in [-0.25, -0.2) is 0 Å². The van der Waals surface area contributed by atoms with Crippen LogP contribution in [0.25, 0.3) is 0 Å². The lowest BCUT2D eigenvalue weighted by molar-refractivity contribution is -0.0331. The number of benzene rings is 1. The van der Waals surface area contributed by atoms with Crippen LogP contribution >= 0.6 is 12.2 Å². The van der Waals surface area contributed by atoms with Crippen molar-refractivity contribution in [2.75, 3.05) is 21.3 Å². The summed E-state index contributed by atoms with van der Waals surface area (Å²) in [6.45, 7) is 0. The number of ether oxygens (including phenoxy) is 3. The van der Waals surface area contributed by atoms with E-state index < -0.39 is 0 Å². The van der Waals surface area contributed by atoms with Gasteiger partial charge in [-0.15, -0.1) is 0 Å². The molecule has 4 saturated carbocycles. The summed E-state index contributed by atoms with van der Waals surface area (Å²) >= 11 is 5.64. The smallest absolute Gasteiger partial charge is 0.203 e. The van der Waals surface area contributed by atoms with E-state index in [1.807, 2.05) is 12.1 Å². The van der Waals surface area contributed by atoms with Crippen molar-refractivity contribution in [3.05, 3.63) is 29.5 Å². The fraction of sp³-hybridized carbons (Fsp3) is 0.609. The summed E-state index contributed by atoms with van der Waals surface area (Å²) in [6.07, 6.45) is 10.6. The summed E-state index contributed by atoms with van der Waals surface area (Å²) in [5, 5.41) is 7.68. The molecule has 5 nitrogen and oxygen atoms in total. The maximum Gasteiger partial charge on any atom is 0.203 e. The molecular weight excluding hydrogens is 384 g/mol. The van der Waals surface area contributed by atoms with Gasteiger partial charge in [-0.2, -0.15) is 0 Å². The van der Waals surface area contributed by atoms with Crippen LogP contribution in [0.5, 0.6) is 17.2 Å². The van der Waals surface area contributed by atoms with Crippen molar-refractivity contribution in [2.45, 2.75) is 44.6 Å². The molecule has 0 radical (unpaired) electrons. The normalized spacial score (nSPS) is 34.9. The summed E-state index contributed by atoms with van der Waals surface area (Å²) in [4.78, 5) is 0. The van der Waals surface area contributed by atoms with E-state index in [0.717, 1.165) is 23.3 Å². The second-order valence-electron chi connectivity index (χ2n) is 9.31. The minimum atomic E-state index is -0.0135. The second kappa shape index (κ2) is 7.08. The highest BCUT2D eigenvalue weighted by Gasteiger charge is 2.53. The average molecular weight is 415 g/mol. The Morgan fingerprint density at radius 1 is 0.897 bits per heavy atom. The monoisotopic (exact) mass is 414 g/mol. The topological polar surface area (TPSA) is 51.8 Å². The average Bonchev–Trinajstić information content (AvgIpc) is 2.71. The lowest BCUT2D eigenvalue weighted by Crippen LogP contribution is -2.53. The van der Waals surface area contributed by atoms with Gasteiger partial charge in [0.1, 0.15) is 0 Å². The first-order valence-electron chi connectivity index (χ1n) is 10.6. The first-order valence-corrected chi connectivity index (χ1v) is 11.0. The van der Waals surface area contributed by atoms with Gasteiger partial charge in [-0.05, 0) is 92.3 Å². The van der Waals surface area contributed by atoms with Crippen LogP contribution in [-0.2, 0) is 0 Å². The number of hydrogen-bond acceptors (Lipinski definition) is 4. The van der Waals surface area contributed by atoms with Gasteiger partial charge in [0.15, 0.2) is 16.6 Å². The van der Waals surface area contributed by atoms with E-state index in [0.29, 0.717) is 22.4 Å². The standard InChI is InChI=1S/C23H30N2O3S/c1-26-18-7-16(8-19(27-2)21(18)28-3)17-9-20(25-22(29)24-17)23-10-13-4-14(11-23)6-15(5-13)12-23/h7-9,13-15,17H,4-6,10-12H2,1-3H3,(H2,24,25,29). The van der Waals surface area contributed by atoms with Crippen LogP contribution in [0, 0.1) is 23.2 Å². The molecule has 4 aliphatic carbocycles. The van der Waals surface area contributed by atoms with E-state index in [9.17, 15) is 0 Å². The number of allylic oxidation sites excluding steroid dienone is 1. The minimum absolute atomic E-state index is 0.0135. The highest BCUT2D eigenvalue weighted by Crippen LogP contribution is 2.62. The molecule has 6 heteroatoms. The Morgan fingerprint density at radius 3 is 1.93 bits per heavy atom. The SMILES string of the molecule is COc1cc(C2C=C(C34CC5CC(CC(C5)C3)C4)NC(=S)N2)cc(OC)c1OC. The Labute approximate surface area is 178 Å². The highest BCUT2D eigenvalue weighted by atomic mass is 32.1. The molecule has 0 spiro atoms. The molecule has 2 N–H and O–H groups in total. The van der Waals surface area contributed by atoms with Crippen LogP contribution in [0.1, 0.15) is 50.1 Å². The molecule has 1 aromatic carbocycles. The van der Waals surface area contributed by atoms with Crippen LogP contribution in [0.15, 0.2) is 23.9 Å². The van der Waals surface area contributed by atoms with E-state index in [-0.39, 0.29) is 11.5 Å². The predicted molar refractivity (Wildman–Crippen MR) is 116 cm³/mol. The van der Waals surface area contributed by atoms with Crippen LogP contribution in [0.3, 0.4) is 0 Å². The molecular formula is C23H30N2O3S. The fourth-order valence-electron chi connectivity index (χ4n) is 6.76. The number of rotatable bonds is 5. The summed E-state index contributed by atoms with van der Waals surface area (Å²) in [5.41, 5.74) is 2.67. The third-order valence-electron chi connectivity index (χ3n) is 7.52. The Morgan fingerprint density at radius 2 is 1.45 bits per heavy atom. The lowest BCUT2D eigenvalue weighted by atomic mass is 9.48. The molecule has 1 unspecified atom stereocenters. The van der Waals surface area contributed by atoms with Gasteiger partial charge in [0.05, 0.1) is 27.4 Å². The zero-order valence-corrected chi connectivity index (χ0v) is 18.2. The Bertz CT molecular complexity index is 805. The van der Waals surface area contributed by atoms with Gasteiger partial charge in [0.25, 0.3) is 0 Å². The first kappa shape index (κ1) is 19.0. The molecule has 0 saturated heterocycles. The van der Waals surface area contributed by atoms with Crippen molar-refractivity contribution in [1.29, 1.82) is 0 Å². The number of nitrogens with one attached hydrogen (secondary N) is 2. The molecule has 1 aliphatic heterocycles. The fourth-order valence-corrected chi connectivity index (χ4v) is 7.00. The van der Waals surface area contributed by atoms with Crippen molar-refractivity contribution < 1.29 is 14.2 Å². The van der Waals surface area contributed by atoms with E-state index >= 15 is 0 Å². The van der Waals surface area contributed by atoms with Gasteiger partial charge < -0.3 is 24.8 Å². The Kier molecular flexibility index (Phi) is 4.65. The molecule has 0 amide bonds. The van der Waals surface area contributed by atoms with Crippen LogP contribution in [0.4, 0.5) is 0 Å². The summed E-state index contributed by atoms with van der Waals surface area (Å²) in [7, 11) is 4.93. The molecule has 156 valence electrons. The lowest BCUT2D eigenvalue weighted by Gasteiger charge is -2.58. The van der Waals surface area contributed by atoms with Gasteiger partial charge in [-0.1, -0.05) is 0 Å². The predicted octanol–water partition coefficient (Wildman–Crippen LogP) is 4.33. The molecule has 4 bridgehead atoms. The Hall–Kier alpha value is -1.95. The molecule has 1 aromatic rings. The van der Waals surface area contributed by atoms with E-state index in [2.05, 4.69) is 16.7 Å². The first-order chi connectivity index (χ1) is 14.0. The largest absolute Gasteiger partial charge is 0.493 e. The maximum absolute atomic E-state index is 5.64. The van der Waals surface area contributed by atoms with Gasteiger partial charge in [0, 0.05) is 11.1 Å². The molecule has 1 atom stereocenters. The molecule has 29 heavy (non-hydrogen) atoms. The molecule has 6 rings (SSSR count). The zero-order chi connectivity index (χ0) is 20.2. The van der Waals surface area contributed by atoms with Crippen LogP contribution in [-0.4, -0.2) is 26.4 Å². The third kappa shape index (κ3) is 3.16. The minimum Gasteiger partial charge on any atom is -0.493 e. The van der Waals surface area contributed by atoms with Crippen molar-refractivity contribution in [3.8, 4) is 17.2 Å². The number of thiocarbonyl (C=S) groups is 1. The van der Waals surface area contributed by atoms with E-state index in [1.165, 1.54) is 44.2 Å². The molecule has 0 aromatic heterocycles. The second-order valence-corrected chi connectivity index (χ2v) is 9.72. The number of methoxy groups -OCH3 is 3. The van der Waals surface area contributed by atoms with Crippen molar-refractivity contribution >= 4 is 17.3 Å². The summed E-state index contributed by atoms with van der Waals surface area (Å²) in [5.74, 6) is 4.63. The van der Waals surface area contributed by atoms with Crippen LogP contribution in [0.2, 0.25) is 0 Å². The summed E-state index contributed by atoms with van der Waals surface area (Å²) < 4.78 is 16.6. The van der Waals surface area contributed by atoms with Crippen LogP contribution < -0.4 is 24.8 Å². The van der Waals surface area contributed by atoms with E-state index in [1.54, 1.807) is 21.3 Å². The van der Waals surface area contributed by atoms with Crippen molar-refractivity contribution in [1.82, 2.24) is 10.6 Å². The summed E-state index contributed by atoms with van der Waals surface area (Å²) in [6, 6.07) is 4.02. The van der Waals surface area contributed by atoms with E-state index in [4.69, 9.17) is 26.4 Å². The molecule has 1 heterocycles. The number of hydrogen-bond donors (Lipinski definition) is 2. The highest BCUT2D eigenvalue weighted by molar-refractivity contribution is 7.80. The molecule has 4 fully saturated rings. The quantitative estimate of drug-likeness (QED) is 0.700. The Balaban J connectivity index is 1.52. The zero-order valence-electron chi connectivity index (χ0n) is 17.4. The molecule has 5 aliphatic rings. The van der Waals surface area contributed by atoms with Crippen molar-refractivity contribution in [2.24, 2.45) is 23.2 Å².